The Labute approximate surface area is 121 Å². The molecule has 1 rings (SSSR count). The average Bonchev–Trinajstić information content (AvgIpc) is 1.82. The van der Waals surface area contributed by atoms with Crippen LogP contribution in [0.5, 0.6) is 0 Å². The van der Waals surface area contributed by atoms with Gasteiger partial charge in [-0.15, -0.1) is 0 Å². The molecule has 0 N–H and O–H groups in total. The van der Waals surface area contributed by atoms with Crippen LogP contribution in [0.3, 0.4) is 0 Å². The smallest absolute Gasteiger partial charge is 1.00 e. The molecular formula is C9H18Cl2LiMnN. The van der Waals surface area contributed by atoms with Gasteiger partial charge in [0.1, 0.15) is 0 Å². The topological polar surface area (TPSA) is 3.24 Å². The Morgan fingerprint density at radius 1 is 0.929 bits per heavy atom. The third-order valence-corrected chi connectivity index (χ3v) is 4.07. The van der Waals surface area contributed by atoms with Crippen LogP contribution in [-0.2, 0) is 16.2 Å². The zero-order valence-electron chi connectivity index (χ0n) is 9.70. The van der Waals surface area contributed by atoms with Gasteiger partial charge < -0.3 is 24.8 Å². The van der Waals surface area contributed by atoms with E-state index in [1.54, 1.807) is 0 Å². The molecule has 0 aliphatic carbocycles. The summed E-state index contributed by atoms with van der Waals surface area (Å²) in [6.07, 6.45) is 3.94. The van der Waals surface area contributed by atoms with E-state index in [0.717, 1.165) is 0 Å². The van der Waals surface area contributed by atoms with Crippen molar-refractivity contribution in [2.45, 2.75) is 58.0 Å². The number of hydrogen-bond acceptors (Lipinski definition) is 1. The fourth-order valence-electron chi connectivity index (χ4n) is 1.97. The first-order chi connectivity index (χ1) is 4.86. The summed E-state index contributed by atoms with van der Waals surface area (Å²) in [7, 11) is 0. The third kappa shape index (κ3) is 4.66. The quantitative estimate of drug-likeness (QED) is 0.397. The van der Waals surface area contributed by atoms with Crippen LogP contribution in [-0.4, -0.2) is 15.0 Å². The minimum absolute atomic E-state index is 0. The van der Waals surface area contributed by atoms with Crippen LogP contribution in [0.1, 0.15) is 47.0 Å². The summed E-state index contributed by atoms with van der Waals surface area (Å²) < 4.78 is 2.33. The maximum absolute atomic E-state index is 3.66. The van der Waals surface area contributed by atoms with Gasteiger partial charge in [-0.25, -0.2) is 0 Å². The second kappa shape index (κ2) is 7.07. The van der Waals surface area contributed by atoms with E-state index in [4.69, 9.17) is 0 Å². The van der Waals surface area contributed by atoms with Crippen molar-refractivity contribution in [2.75, 3.05) is 0 Å². The number of hydrogen-bond donors (Lipinski definition) is 0. The monoisotopic (exact) mass is 272 g/mol. The van der Waals surface area contributed by atoms with Crippen molar-refractivity contribution in [3.63, 3.8) is 0 Å². The first-order valence-corrected chi connectivity index (χ1v) is 4.85. The molecular weight excluding hydrogens is 255 g/mol. The van der Waals surface area contributed by atoms with Gasteiger partial charge in [0.2, 0.25) is 0 Å². The largest absolute Gasteiger partial charge is 1.00 e. The molecule has 5 heteroatoms. The molecule has 0 aromatic rings. The van der Waals surface area contributed by atoms with Crippen LogP contribution in [0.2, 0.25) is 0 Å². The van der Waals surface area contributed by atoms with Gasteiger partial charge in [-0.2, -0.15) is 0 Å². The minimum atomic E-state index is 0. The fraction of sp³-hybridized carbons (Fsp3) is 1.00. The first kappa shape index (κ1) is 21.0. The Morgan fingerprint density at radius 3 is 1.43 bits per heavy atom. The van der Waals surface area contributed by atoms with Crippen molar-refractivity contribution in [1.29, 1.82) is 0 Å². The summed E-state index contributed by atoms with van der Waals surface area (Å²) >= 11 is 3.66. The molecule has 1 heterocycles. The number of rotatable bonds is 0. The minimum Gasteiger partial charge on any atom is -1.00 e. The summed E-state index contributed by atoms with van der Waals surface area (Å²) in [6.45, 7) is 9.18. The molecule has 0 aromatic heterocycles. The molecule has 1 fully saturated rings. The van der Waals surface area contributed by atoms with Gasteiger partial charge in [0, 0.05) is 0 Å². The normalized spacial score (nSPS) is 23.7. The van der Waals surface area contributed by atoms with E-state index in [0.29, 0.717) is 11.1 Å². The van der Waals surface area contributed by atoms with Crippen molar-refractivity contribution in [2.24, 2.45) is 0 Å². The van der Waals surface area contributed by atoms with Crippen LogP contribution in [0.4, 0.5) is 0 Å². The van der Waals surface area contributed by atoms with Gasteiger partial charge in [-0.3, -0.25) is 0 Å². The van der Waals surface area contributed by atoms with Crippen LogP contribution in [0.15, 0.2) is 0 Å². The SMILES string of the molecule is CC1(C)CCCC(C)(C)[N]1[Mn+].[Cl-].[Cl-].[Li+]. The molecule has 1 aliphatic heterocycles. The Balaban J connectivity index is -0.000000403. The standard InChI is InChI=1S/C9H18N.2ClH.Li.Mn/c1-8(2)6-5-7-9(3,4)10-8;;;;/h5-7H2,1-4H3;2*1H;;/q-1;;;+1;+2/p-2. The van der Waals surface area contributed by atoms with E-state index < -0.39 is 0 Å². The maximum atomic E-state index is 3.66. The Hall–Kier alpha value is 1.66. The molecule has 0 amide bonds. The molecule has 0 bridgehead atoms. The summed E-state index contributed by atoms with van der Waals surface area (Å²) in [6, 6.07) is 0. The van der Waals surface area contributed by atoms with Crippen molar-refractivity contribution < 1.29 is 59.9 Å². The summed E-state index contributed by atoms with van der Waals surface area (Å²) in [4.78, 5) is 0. The van der Waals surface area contributed by atoms with E-state index in [9.17, 15) is 0 Å². The Morgan fingerprint density at radius 2 is 1.21 bits per heavy atom. The molecule has 81 valence electrons. The fourth-order valence-corrected chi connectivity index (χ4v) is 2.23. The molecule has 14 heavy (non-hydrogen) atoms. The van der Waals surface area contributed by atoms with Gasteiger partial charge in [0.25, 0.3) is 0 Å². The molecule has 1 nitrogen and oxygen atoms in total. The summed E-state index contributed by atoms with van der Waals surface area (Å²) in [5, 5.41) is 0. The number of halogens is 2. The van der Waals surface area contributed by atoms with Crippen molar-refractivity contribution >= 4 is 0 Å². The summed E-state index contributed by atoms with van der Waals surface area (Å²) in [5.74, 6) is 0. The van der Waals surface area contributed by atoms with E-state index >= 15 is 0 Å². The van der Waals surface area contributed by atoms with Crippen LogP contribution in [0.25, 0.3) is 0 Å². The molecule has 1 aliphatic rings. The maximum Gasteiger partial charge on any atom is 1.00 e. The van der Waals surface area contributed by atoms with Crippen molar-refractivity contribution in [3.05, 3.63) is 0 Å². The predicted octanol–water partition coefficient (Wildman–Crippen LogP) is -6.50. The molecule has 0 radical (unpaired) electrons. The number of nitrogens with zero attached hydrogens (tertiary/aromatic N) is 1. The van der Waals surface area contributed by atoms with Crippen LogP contribution >= 0.6 is 0 Å². The van der Waals surface area contributed by atoms with Gasteiger partial charge in [0.15, 0.2) is 0 Å². The molecule has 0 spiro atoms. The summed E-state index contributed by atoms with van der Waals surface area (Å²) in [5.41, 5.74) is 0.642. The van der Waals surface area contributed by atoms with Crippen molar-refractivity contribution in [3.8, 4) is 0 Å². The Kier molecular flexibility index (Phi) is 10.6. The van der Waals surface area contributed by atoms with Gasteiger partial charge in [-0.1, -0.05) is 0 Å². The van der Waals surface area contributed by atoms with Gasteiger partial charge in [0.05, 0.1) is 0 Å². The second-order valence-electron chi connectivity index (χ2n) is 4.76. The first-order valence-electron chi connectivity index (χ1n) is 4.32. The molecule has 0 saturated carbocycles. The number of piperidine rings is 1. The second-order valence-corrected chi connectivity index (χ2v) is 5.29. The molecule has 0 unspecified atom stereocenters. The molecule has 1 saturated heterocycles. The van der Waals surface area contributed by atoms with Gasteiger partial charge in [-0.05, 0) is 0 Å². The van der Waals surface area contributed by atoms with E-state index in [2.05, 4.69) is 47.8 Å². The molecule has 0 aromatic carbocycles. The Bertz CT molecular complexity index is 149. The van der Waals surface area contributed by atoms with Crippen LogP contribution < -0.4 is 43.7 Å². The van der Waals surface area contributed by atoms with Gasteiger partial charge >= 0.3 is 97.0 Å². The molecule has 0 atom stereocenters. The van der Waals surface area contributed by atoms with Crippen LogP contribution in [0, 0.1) is 0 Å². The van der Waals surface area contributed by atoms with Crippen molar-refractivity contribution in [1.82, 2.24) is 3.92 Å². The third-order valence-electron chi connectivity index (χ3n) is 2.64. The zero-order valence-corrected chi connectivity index (χ0v) is 12.4. The zero-order chi connectivity index (χ0) is 8.70. The van der Waals surface area contributed by atoms with E-state index in [1.165, 1.54) is 19.3 Å². The van der Waals surface area contributed by atoms with E-state index in [-0.39, 0.29) is 43.7 Å². The van der Waals surface area contributed by atoms with E-state index in [1.807, 2.05) is 0 Å². The predicted molar refractivity (Wildman–Crippen MR) is 43.8 cm³/mol. The average molecular weight is 273 g/mol.